The van der Waals surface area contributed by atoms with Crippen LogP contribution in [0.2, 0.25) is 5.02 Å². The molecular formula is C29H25ClN6O5. The van der Waals surface area contributed by atoms with Crippen LogP contribution in [-0.2, 0) is 17.8 Å². The van der Waals surface area contributed by atoms with Crippen LogP contribution in [0, 0.1) is 0 Å². The third-order valence-electron chi connectivity index (χ3n) is 6.49. The molecule has 1 unspecified atom stereocenters. The van der Waals surface area contributed by atoms with E-state index in [2.05, 4.69) is 25.6 Å². The zero-order valence-corrected chi connectivity index (χ0v) is 22.9. The largest absolute Gasteiger partial charge is 0.496 e. The third-order valence-corrected chi connectivity index (χ3v) is 6.73. The summed E-state index contributed by atoms with van der Waals surface area (Å²) in [6, 6.07) is 14.2. The molecule has 2 aromatic heterocycles. The maximum atomic E-state index is 13.8. The Kier molecular flexibility index (Phi) is 8.06. The molecule has 1 atom stereocenters. The number of hydrogen-bond donors (Lipinski definition) is 2. The van der Waals surface area contributed by atoms with Crippen molar-refractivity contribution in [1.29, 1.82) is 0 Å². The average molecular weight is 573 g/mol. The van der Waals surface area contributed by atoms with E-state index in [1.54, 1.807) is 54.7 Å². The molecule has 0 radical (unpaired) electrons. The lowest BCUT2D eigenvalue weighted by molar-refractivity contribution is -0.120. The Morgan fingerprint density at radius 1 is 1.02 bits per heavy atom. The fraction of sp³-hybridized carbons (Fsp3) is 0.172. The van der Waals surface area contributed by atoms with Crippen molar-refractivity contribution < 1.29 is 23.9 Å². The Labute approximate surface area is 240 Å². The van der Waals surface area contributed by atoms with Crippen LogP contribution in [0.25, 0.3) is 0 Å². The second kappa shape index (κ2) is 12.0. The highest BCUT2D eigenvalue weighted by Crippen LogP contribution is 2.30. The minimum absolute atomic E-state index is 0.0612. The number of carbonyl (C=O) groups excluding carboxylic acids is 3. The first-order valence-electron chi connectivity index (χ1n) is 12.5. The van der Waals surface area contributed by atoms with Gasteiger partial charge in [-0.2, -0.15) is 0 Å². The van der Waals surface area contributed by atoms with E-state index in [0.29, 0.717) is 33.3 Å². The van der Waals surface area contributed by atoms with E-state index in [-0.39, 0.29) is 42.0 Å². The molecule has 5 rings (SSSR count). The summed E-state index contributed by atoms with van der Waals surface area (Å²) in [6.45, 7) is 0.0612. The number of pyridine rings is 1. The Morgan fingerprint density at radius 3 is 2.54 bits per heavy atom. The lowest BCUT2D eigenvalue weighted by Gasteiger charge is -2.29. The average Bonchev–Trinajstić information content (AvgIpc) is 3.07. The molecule has 1 aliphatic rings. The first-order valence-corrected chi connectivity index (χ1v) is 12.9. The zero-order valence-electron chi connectivity index (χ0n) is 22.1. The summed E-state index contributed by atoms with van der Waals surface area (Å²) in [7, 11) is 2.93. The summed E-state index contributed by atoms with van der Waals surface area (Å²) in [5, 5.41) is 5.86. The summed E-state index contributed by atoms with van der Waals surface area (Å²) in [4.78, 5) is 54.2. The summed E-state index contributed by atoms with van der Waals surface area (Å²) in [6.07, 6.45) is 4.70. The summed E-state index contributed by atoms with van der Waals surface area (Å²) in [5.74, 6) is -0.384. The number of nitrogens with zero attached hydrogens (tertiary/aromatic N) is 4. The Morgan fingerprint density at radius 2 is 1.83 bits per heavy atom. The van der Waals surface area contributed by atoms with Gasteiger partial charge in [0.05, 0.1) is 43.4 Å². The van der Waals surface area contributed by atoms with Crippen LogP contribution in [-0.4, -0.2) is 57.8 Å². The molecule has 0 saturated heterocycles. The van der Waals surface area contributed by atoms with Gasteiger partial charge in [0.1, 0.15) is 11.8 Å². The van der Waals surface area contributed by atoms with Crippen LogP contribution in [0.5, 0.6) is 11.5 Å². The predicted molar refractivity (Wildman–Crippen MR) is 151 cm³/mol. The topological polar surface area (TPSA) is 136 Å². The van der Waals surface area contributed by atoms with E-state index in [4.69, 9.17) is 21.1 Å². The molecule has 2 aromatic carbocycles. The molecule has 41 heavy (non-hydrogen) atoms. The molecule has 0 bridgehead atoms. The van der Waals surface area contributed by atoms with Crippen molar-refractivity contribution in [2.75, 3.05) is 24.9 Å². The van der Waals surface area contributed by atoms with E-state index in [0.717, 1.165) is 0 Å². The number of hydrogen-bond acceptors (Lipinski definition) is 8. The molecule has 0 saturated carbocycles. The maximum Gasteiger partial charge on any atom is 0.261 e. The molecule has 0 aliphatic carbocycles. The van der Waals surface area contributed by atoms with Crippen LogP contribution in [0.1, 0.15) is 32.0 Å². The van der Waals surface area contributed by atoms with E-state index >= 15 is 0 Å². The quantitative estimate of drug-likeness (QED) is 0.323. The number of ether oxygens (including phenoxy) is 2. The summed E-state index contributed by atoms with van der Waals surface area (Å²) in [5.41, 5.74) is 2.18. The van der Waals surface area contributed by atoms with Gasteiger partial charge in [-0.25, -0.2) is 9.97 Å². The van der Waals surface area contributed by atoms with Crippen molar-refractivity contribution in [3.63, 3.8) is 0 Å². The first-order chi connectivity index (χ1) is 19.9. The second-order valence-electron chi connectivity index (χ2n) is 9.09. The monoisotopic (exact) mass is 572 g/mol. The predicted octanol–water partition coefficient (Wildman–Crippen LogP) is 4.00. The molecule has 0 spiro atoms. The van der Waals surface area contributed by atoms with Crippen molar-refractivity contribution in [3.05, 3.63) is 101 Å². The summed E-state index contributed by atoms with van der Waals surface area (Å²) < 4.78 is 10.5. The molecule has 208 valence electrons. The highest BCUT2D eigenvalue weighted by Gasteiger charge is 2.36. The van der Waals surface area contributed by atoms with Crippen molar-refractivity contribution in [2.45, 2.75) is 19.0 Å². The lowest BCUT2D eigenvalue weighted by Crippen LogP contribution is -2.46. The minimum atomic E-state index is -0.871. The van der Waals surface area contributed by atoms with Gasteiger partial charge in [0.2, 0.25) is 11.9 Å². The van der Waals surface area contributed by atoms with Crippen molar-refractivity contribution in [3.8, 4) is 11.5 Å². The van der Waals surface area contributed by atoms with Gasteiger partial charge in [0.15, 0.2) is 5.75 Å². The molecular weight excluding hydrogens is 548 g/mol. The first kappa shape index (κ1) is 27.5. The van der Waals surface area contributed by atoms with Gasteiger partial charge in [-0.3, -0.25) is 24.7 Å². The number of halogens is 1. The highest BCUT2D eigenvalue weighted by atomic mass is 35.5. The maximum absolute atomic E-state index is 13.8. The Bertz CT molecular complexity index is 1600. The third kappa shape index (κ3) is 6.10. The number of nitrogens with one attached hydrogen (secondary N) is 2. The number of carbonyl (C=O) groups is 3. The lowest BCUT2D eigenvalue weighted by atomic mass is 10.0. The van der Waals surface area contributed by atoms with Crippen LogP contribution in [0.4, 0.5) is 11.6 Å². The molecule has 3 heterocycles. The van der Waals surface area contributed by atoms with Crippen LogP contribution in [0.15, 0.2) is 73.2 Å². The number of fused-ring (bicyclic) bond motifs is 1. The Hall–Kier alpha value is -5.03. The molecule has 0 fully saturated rings. The van der Waals surface area contributed by atoms with E-state index in [9.17, 15) is 14.4 Å². The normalized spacial score (nSPS) is 14.5. The SMILES string of the molecule is COc1cnc(NC(=O)c2ccc(CN3C(=O)c4ccc(Cl)cc4NC(=O)C3Cc3ccccn3)cc2OC)nc1. The number of amides is 3. The molecule has 4 aromatic rings. The molecule has 12 heteroatoms. The fourth-order valence-electron chi connectivity index (χ4n) is 4.44. The van der Waals surface area contributed by atoms with Crippen molar-refractivity contribution in [1.82, 2.24) is 19.9 Å². The molecule has 11 nitrogen and oxygen atoms in total. The van der Waals surface area contributed by atoms with Crippen molar-refractivity contribution >= 4 is 41.0 Å². The number of benzene rings is 2. The van der Waals surface area contributed by atoms with Crippen LogP contribution < -0.4 is 20.1 Å². The zero-order chi connectivity index (χ0) is 28.9. The van der Waals surface area contributed by atoms with Gasteiger partial charge in [0.25, 0.3) is 11.8 Å². The molecule has 3 amide bonds. The standard InChI is InChI=1S/C29H25ClN6O5/c1-40-20-14-32-29(33-15-20)35-26(37)22-8-6-17(11-25(22)41-2)16-36-24(13-19-5-3-4-10-31-19)27(38)34-23-12-18(30)7-9-21(23)28(36)39/h3-12,14-15,24H,13,16H2,1-2H3,(H,34,38)(H,32,33,35,37). The number of anilines is 2. The summed E-state index contributed by atoms with van der Waals surface area (Å²) >= 11 is 6.15. The Balaban J connectivity index is 1.45. The fourth-order valence-corrected chi connectivity index (χ4v) is 4.61. The number of methoxy groups -OCH3 is 2. The van der Waals surface area contributed by atoms with E-state index < -0.39 is 11.9 Å². The smallest absolute Gasteiger partial charge is 0.261 e. The van der Waals surface area contributed by atoms with Crippen LogP contribution >= 0.6 is 11.6 Å². The minimum Gasteiger partial charge on any atom is -0.496 e. The van der Waals surface area contributed by atoms with E-state index in [1.165, 1.54) is 31.5 Å². The second-order valence-corrected chi connectivity index (χ2v) is 9.52. The number of aromatic nitrogens is 3. The van der Waals surface area contributed by atoms with Gasteiger partial charge in [-0.05, 0) is 48.0 Å². The molecule has 2 N–H and O–H groups in total. The van der Waals surface area contributed by atoms with Crippen molar-refractivity contribution in [2.24, 2.45) is 0 Å². The van der Waals surface area contributed by atoms with Gasteiger partial charge in [-0.1, -0.05) is 23.7 Å². The molecule has 1 aliphatic heterocycles. The van der Waals surface area contributed by atoms with Gasteiger partial charge < -0.3 is 19.7 Å². The van der Waals surface area contributed by atoms with Gasteiger partial charge >= 0.3 is 0 Å². The van der Waals surface area contributed by atoms with Gasteiger partial charge in [-0.15, -0.1) is 0 Å². The van der Waals surface area contributed by atoms with Crippen LogP contribution in [0.3, 0.4) is 0 Å². The van der Waals surface area contributed by atoms with E-state index in [1.807, 2.05) is 6.07 Å². The number of rotatable bonds is 8. The van der Waals surface area contributed by atoms with Gasteiger partial charge in [0, 0.05) is 29.9 Å². The highest BCUT2D eigenvalue weighted by molar-refractivity contribution is 6.31.